The summed E-state index contributed by atoms with van der Waals surface area (Å²) in [7, 11) is 0. The van der Waals surface area contributed by atoms with Crippen LogP contribution < -0.4 is 4.74 Å². The Morgan fingerprint density at radius 1 is 1.21 bits per heavy atom. The summed E-state index contributed by atoms with van der Waals surface area (Å²) in [6, 6.07) is 7.75. The van der Waals surface area contributed by atoms with Crippen LogP contribution >= 0.6 is 23.2 Å². The molecule has 1 fully saturated rings. The lowest BCUT2D eigenvalue weighted by molar-refractivity contribution is -0.148. The number of carbonyl (C=O) groups is 2. The number of benzene rings is 1. The first-order chi connectivity index (χ1) is 13.5. The molecule has 0 unspecified atom stereocenters. The van der Waals surface area contributed by atoms with Crippen LogP contribution in [0, 0.1) is 19.3 Å². The highest BCUT2D eigenvalue weighted by Gasteiger charge is 2.69. The minimum atomic E-state index is -2.90. The third-order valence-corrected chi connectivity index (χ3v) is 6.20. The summed E-state index contributed by atoms with van der Waals surface area (Å²) in [5, 5.41) is 0. The summed E-state index contributed by atoms with van der Waals surface area (Å²) in [4.78, 5) is 24.7. The topological polar surface area (TPSA) is 57.5 Å². The predicted octanol–water partition coefficient (Wildman–Crippen LogP) is 5.01. The van der Waals surface area contributed by atoms with Crippen molar-refractivity contribution >= 4 is 35.0 Å². The molecule has 0 bridgehead atoms. The van der Waals surface area contributed by atoms with E-state index in [4.69, 9.17) is 27.9 Å². The first-order valence-corrected chi connectivity index (χ1v) is 9.54. The molecule has 0 N–H and O–H groups in total. The molecular weight excluding hydrogens is 427 g/mol. The van der Waals surface area contributed by atoms with E-state index >= 15 is 0 Å². The number of hydrogen-bond acceptors (Lipinski definition) is 4. The summed E-state index contributed by atoms with van der Waals surface area (Å²) in [6.07, 6.45) is 0.274. The van der Waals surface area contributed by atoms with Crippen LogP contribution in [-0.4, -0.2) is 33.9 Å². The maximum Gasteiger partial charge on any atom is 0.387 e. The molecule has 0 spiro atoms. The fraction of sp³-hybridized carbons (Fsp3) is 0.400. The van der Waals surface area contributed by atoms with Gasteiger partial charge in [0.25, 0.3) is 0 Å². The number of carbonyl (C=O) groups excluding carboxylic acids is 2. The van der Waals surface area contributed by atoms with E-state index < -0.39 is 28.9 Å². The number of aromatic nitrogens is 1. The summed E-state index contributed by atoms with van der Waals surface area (Å²) in [5.74, 6) is -0.939. The average Bonchev–Trinajstić information content (AvgIpc) is 3.01. The molecule has 1 aromatic carbocycles. The molecular formula is C20H19Cl2F2NO4. The van der Waals surface area contributed by atoms with Crippen LogP contribution in [0.15, 0.2) is 30.3 Å². The Morgan fingerprint density at radius 2 is 1.79 bits per heavy atom. The summed E-state index contributed by atoms with van der Waals surface area (Å²) < 4.78 is 34.7. The Hall–Kier alpha value is -2.12. The van der Waals surface area contributed by atoms with Crippen molar-refractivity contribution in [1.82, 2.24) is 4.57 Å². The lowest BCUT2D eigenvalue weighted by Gasteiger charge is -2.12. The van der Waals surface area contributed by atoms with Crippen molar-refractivity contribution in [3.8, 4) is 11.4 Å². The number of aryl methyl sites for hydroxylation is 1. The number of ketones is 1. The van der Waals surface area contributed by atoms with Gasteiger partial charge in [0.05, 0.1) is 0 Å². The van der Waals surface area contributed by atoms with Gasteiger partial charge in [0, 0.05) is 29.1 Å². The SMILES string of the molecule is Cc1cc(C(=O)COC(=O)[C@@]2(C)CC2(Cl)Cl)c(C)n1-c1ccc(OC(F)F)cc1. The molecule has 0 amide bonds. The van der Waals surface area contributed by atoms with E-state index in [0.717, 1.165) is 5.69 Å². The molecule has 29 heavy (non-hydrogen) atoms. The van der Waals surface area contributed by atoms with Gasteiger partial charge in [-0.1, -0.05) is 0 Å². The van der Waals surface area contributed by atoms with E-state index in [9.17, 15) is 18.4 Å². The third kappa shape index (κ3) is 4.12. The molecule has 0 radical (unpaired) electrons. The number of Topliss-reactive ketones (excluding diaryl/α,β-unsaturated/α-hetero) is 1. The van der Waals surface area contributed by atoms with E-state index in [1.165, 1.54) is 12.1 Å². The van der Waals surface area contributed by atoms with Crippen LogP contribution in [0.2, 0.25) is 0 Å². The van der Waals surface area contributed by atoms with Crippen molar-refractivity contribution in [2.24, 2.45) is 5.41 Å². The zero-order chi connectivity index (χ0) is 21.6. The van der Waals surface area contributed by atoms with Crippen molar-refractivity contribution < 1.29 is 27.8 Å². The third-order valence-electron chi connectivity index (χ3n) is 5.09. The van der Waals surface area contributed by atoms with Crippen LogP contribution in [-0.2, 0) is 9.53 Å². The second-order valence-electron chi connectivity index (χ2n) is 7.21. The Bertz CT molecular complexity index is 956. The van der Waals surface area contributed by atoms with Gasteiger partial charge in [-0.25, -0.2) is 0 Å². The quantitative estimate of drug-likeness (QED) is 0.341. The molecule has 156 valence electrons. The zero-order valence-electron chi connectivity index (χ0n) is 16.0. The van der Waals surface area contributed by atoms with Crippen LogP contribution in [0.4, 0.5) is 8.78 Å². The Balaban J connectivity index is 1.73. The number of nitrogens with zero attached hydrogens (tertiary/aromatic N) is 1. The fourth-order valence-corrected chi connectivity index (χ4v) is 3.90. The second-order valence-corrected chi connectivity index (χ2v) is 8.69. The summed E-state index contributed by atoms with van der Waals surface area (Å²) in [5.41, 5.74) is 1.46. The maximum atomic E-state index is 12.6. The normalized spacial score (nSPS) is 19.9. The monoisotopic (exact) mass is 445 g/mol. The number of rotatable bonds is 7. The van der Waals surface area contributed by atoms with Crippen molar-refractivity contribution in [2.45, 2.75) is 38.1 Å². The van der Waals surface area contributed by atoms with Crippen molar-refractivity contribution in [3.05, 3.63) is 47.3 Å². The minimum absolute atomic E-state index is 0.0395. The fourth-order valence-electron chi connectivity index (χ4n) is 3.21. The molecule has 9 heteroatoms. The summed E-state index contributed by atoms with van der Waals surface area (Å²) in [6.45, 7) is 1.82. The van der Waals surface area contributed by atoms with Gasteiger partial charge in [0.15, 0.2) is 6.61 Å². The van der Waals surface area contributed by atoms with E-state index in [1.807, 2.05) is 0 Å². The average molecular weight is 446 g/mol. The Kier molecular flexibility index (Phi) is 5.66. The molecule has 1 aromatic heterocycles. The first kappa shape index (κ1) is 21.6. The van der Waals surface area contributed by atoms with Gasteiger partial charge in [0.2, 0.25) is 5.78 Å². The minimum Gasteiger partial charge on any atom is -0.457 e. The molecule has 1 heterocycles. The Morgan fingerprint density at radius 3 is 2.31 bits per heavy atom. The highest BCUT2D eigenvalue weighted by molar-refractivity contribution is 6.53. The van der Waals surface area contributed by atoms with Gasteiger partial charge < -0.3 is 14.0 Å². The molecule has 1 saturated carbocycles. The van der Waals surface area contributed by atoms with E-state index in [2.05, 4.69) is 4.74 Å². The van der Waals surface area contributed by atoms with Gasteiger partial charge in [0.1, 0.15) is 15.5 Å². The molecule has 5 nitrogen and oxygen atoms in total. The van der Waals surface area contributed by atoms with Gasteiger partial charge in [-0.05, 0) is 51.1 Å². The molecule has 0 saturated heterocycles. The van der Waals surface area contributed by atoms with Crippen LogP contribution in [0.25, 0.3) is 5.69 Å². The van der Waals surface area contributed by atoms with Crippen molar-refractivity contribution in [3.63, 3.8) is 0 Å². The molecule has 0 aliphatic heterocycles. The van der Waals surface area contributed by atoms with Gasteiger partial charge in [-0.2, -0.15) is 8.78 Å². The maximum absolute atomic E-state index is 12.6. The van der Waals surface area contributed by atoms with Gasteiger partial charge >= 0.3 is 12.6 Å². The van der Waals surface area contributed by atoms with E-state index in [0.29, 0.717) is 16.9 Å². The highest BCUT2D eigenvalue weighted by Crippen LogP contribution is 2.64. The number of halogens is 4. The molecule has 3 rings (SSSR count). The van der Waals surface area contributed by atoms with Crippen LogP contribution in [0.5, 0.6) is 5.75 Å². The number of esters is 1. The zero-order valence-corrected chi connectivity index (χ0v) is 17.5. The Labute approximate surface area is 176 Å². The van der Waals surface area contributed by atoms with Gasteiger partial charge in [-0.3, -0.25) is 9.59 Å². The first-order valence-electron chi connectivity index (χ1n) is 8.79. The van der Waals surface area contributed by atoms with Crippen LogP contribution in [0.3, 0.4) is 0 Å². The van der Waals surface area contributed by atoms with E-state index in [-0.39, 0.29) is 18.0 Å². The number of hydrogen-bond donors (Lipinski definition) is 0. The lowest BCUT2D eigenvalue weighted by atomic mass is 10.1. The summed E-state index contributed by atoms with van der Waals surface area (Å²) >= 11 is 11.9. The predicted molar refractivity (Wildman–Crippen MR) is 104 cm³/mol. The second kappa shape index (κ2) is 7.61. The van der Waals surface area contributed by atoms with Crippen LogP contribution in [0.1, 0.15) is 35.1 Å². The standard InChI is InChI=1S/C20H19Cl2F2NO4/c1-11-8-15(16(26)9-28-17(27)19(3)10-20(19,21)22)12(2)25(11)13-4-6-14(7-5-13)29-18(23)24/h4-8,18H,9-10H2,1-3H3/t19-/m1/s1. The molecule has 1 aliphatic carbocycles. The lowest BCUT2D eigenvalue weighted by Crippen LogP contribution is -2.24. The number of alkyl halides is 4. The number of ether oxygens (including phenoxy) is 2. The van der Waals surface area contributed by atoms with Crippen molar-refractivity contribution in [2.75, 3.05) is 6.61 Å². The van der Waals surface area contributed by atoms with Gasteiger partial charge in [-0.15, -0.1) is 23.2 Å². The van der Waals surface area contributed by atoms with E-state index in [1.54, 1.807) is 43.5 Å². The molecule has 2 aromatic rings. The molecule has 1 aliphatic rings. The molecule has 1 atom stereocenters. The smallest absolute Gasteiger partial charge is 0.387 e. The largest absolute Gasteiger partial charge is 0.457 e. The highest BCUT2D eigenvalue weighted by atomic mass is 35.5. The van der Waals surface area contributed by atoms with Crippen molar-refractivity contribution in [1.29, 1.82) is 0 Å².